The molecule has 0 saturated carbocycles. The van der Waals surface area contributed by atoms with E-state index in [1.165, 1.54) is 11.5 Å². The molecule has 0 aliphatic carbocycles. The van der Waals surface area contributed by atoms with Gasteiger partial charge in [0, 0.05) is 29.6 Å². The highest BCUT2D eigenvalue weighted by Crippen LogP contribution is 2.25. The van der Waals surface area contributed by atoms with Gasteiger partial charge in [0.25, 0.3) is 0 Å². The lowest BCUT2D eigenvalue weighted by Crippen LogP contribution is -2.04. The van der Waals surface area contributed by atoms with E-state index < -0.39 is 0 Å². The Balaban J connectivity index is 2.25. The van der Waals surface area contributed by atoms with Gasteiger partial charge < -0.3 is 0 Å². The smallest absolute Gasteiger partial charge is 0.227 e. The topological polar surface area (TPSA) is 39.1 Å². The van der Waals surface area contributed by atoms with Crippen LogP contribution in [0.15, 0.2) is 54.7 Å². The average molecular weight is 277 g/mol. The third kappa shape index (κ3) is 2.27. The first-order valence-electron chi connectivity index (χ1n) is 6.80. The summed E-state index contributed by atoms with van der Waals surface area (Å²) >= 11 is 0. The lowest BCUT2D eigenvalue weighted by Gasteiger charge is -2.00. The molecule has 0 radical (unpaired) electrons. The van der Waals surface area contributed by atoms with Crippen LogP contribution in [0.5, 0.6) is 0 Å². The summed E-state index contributed by atoms with van der Waals surface area (Å²) in [4.78, 5) is 24.5. The molecule has 3 aromatic rings. The van der Waals surface area contributed by atoms with Crippen molar-refractivity contribution >= 4 is 22.6 Å². The van der Waals surface area contributed by atoms with Crippen molar-refractivity contribution in [3.8, 4) is 0 Å². The van der Waals surface area contributed by atoms with E-state index in [1.807, 2.05) is 43.3 Å². The molecule has 0 N–H and O–H groups in total. The number of carbonyl (C=O) groups excluding carboxylic acids is 2. The summed E-state index contributed by atoms with van der Waals surface area (Å²) in [7, 11) is 0. The highest BCUT2D eigenvalue weighted by atomic mass is 16.2. The van der Waals surface area contributed by atoms with Crippen molar-refractivity contribution < 1.29 is 9.59 Å². The van der Waals surface area contributed by atoms with Gasteiger partial charge >= 0.3 is 0 Å². The molecular weight excluding hydrogens is 262 g/mol. The van der Waals surface area contributed by atoms with Crippen LogP contribution in [-0.4, -0.2) is 16.3 Å². The van der Waals surface area contributed by atoms with E-state index in [9.17, 15) is 9.59 Å². The third-order valence-electron chi connectivity index (χ3n) is 3.58. The van der Waals surface area contributed by atoms with Crippen molar-refractivity contribution in [2.75, 3.05) is 0 Å². The van der Waals surface area contributed by atoms with Gasteiger partial charge in [0.1, 0.15) is 0 Å². The Kier molecular flexibility index (Phi) is 3.18. The summed E-state index contributed by atoms with van der Waals surface area (Å²) in [6.45, 7) is 3.47. The zero-order valence-electron chi connectivity index (χ0n) is 12.0. The summed E-state index contributed by atoms with van der Waals surface area (Å²) in [5.41, 5.74) is 3.02. The quantitative estimate of drug-likeness (QED) is 0.667. The van der Waals surface area contributed by atoms with Crippen LogP contribution in [0.25, 0.3) is 10.9 Å². The second-order valence-electron chi connectivity index (χ2n) is 5.15. The Bertz CT molecular complexity index is 844. The van der Waals surface area contributed by atoms with Gasteiger partial charge in [0.2, 0.25) is 5.91 Å². The predicted octanol–water partition coefficient (Wildman–Crippen LogP) is 3.84. The molecule has 3 nitrogen and oxygen atoms in total. The summed E-state index contributed by atoms with van der Waals surface area (Å²) in [6.07, 6.45) is 1.64. The number of benzene rings is 2. The number of carbonyl (C=O) groups is 2. The SMILES string of the molecule is CC(=O)n1cc(C(=O)c2ccccc2)c2cc(C)ccc21. The summed E-state index contributed by atoms with van der Waals surface area (Å²) in [5, 5.41) is 0.819. The molecule has 1 heterocycles. The second-order valence-corrected chi connectivity index (χ2v) is 5.15. The number of rotatable bonds is 2. The molecule has 0 bridgehead atoms. The first kappa shape index (κ1) is 13.3. The fourth-order valence-electron chi connectivity index (χ4n) is 2.53. The Morgan fingerprint density at radius 2 is 1.71 bits per heavy atom. The number of hydrogen-bond acceptors (Lipinski definition) is 2. The molecule has 0 unspecified atom stereocenters. The molecule has 3 rings (SSSR count). The fourth-order valence-corrected chi connectivity index (χ4v) is 2.53. The summed E-state index contributed by atoms with van der Waals surface area (Å²) in [5.74, 6) is -0.165. The number of aryl methyl sites for hydroxylation is 1. The van der Waals surface area contributed by atoms with Gasteiger partial charge in [-0.05, 0) is 19.1 Å². The van der Waals surface area contributed by atoms with E-state index >= 15 is 0 Å². The van der Waals surface area contributed by atoms with Crippen molar-refractivity contribution in [3.05, 3.63) is 71.4 Å². The van der Waals surface area contributed by atoms with Crippen LogP contribution in [0.2, 0.25) is 0 Å². The fraction of sp³-hybridized carbons (Fsp3) is 0.111. The van der Waals surface area contributed by atoms with E-state index in [0.29, 0.717) is 11.1 Å². The van der Waals surface area contributed by atoms with Gasteiger partial charge in [-0.15, -0.1) is 0 Å². The molecule has 0 aliphatic rings. The van der Waals surface area contributed by atoms with Crippen LogP contribution in [0.4, 0.5) is 0 Å². The van der Waals surface area contributed by atoms with E-state index in [-0.39, 0.29) is 11.7 Å². The number of ketones is 1. The summed E-state index contributed by atoms with van der Waals surface area (Å²) in [6, 6.07) is 14.9. The lowest BCUT2D eigenvalue weighted by molar-refractivity contribution is 0.0941. The summed E-state index contributed by atoms with van der Waals surface area (Å²) < 4.78 is 1.53. The Labute approximate surface area is 122 Å². The minimum atomic E-state index is -0.101. The molecule has 3 heteroatoms. The average Bonchev–Trinajstić information content (AvgIpc) is 2.86. The molecule has 0 atom stereocenters. The van der Waals surface area contributed by atoms with Crippen LogP contribution in [0, 0.1) is 6.92 Å². The van der Waals surface area contributed by atoms with Gasteiger partial charge in [-0.3, -0.25) is 14.2 Å². The molecule has 2 aromatic carbocycles. The molecule has 21 heavy (non-hydrogen) atoms. The van der Waals surface area contributed by atoms with Gasteiger partial charge in [-0.25, -0.2) is 0 Å². The van der Waals surface area contributed by atoms with Crippen LogP contribution in [0.1, 0.15) is 33.2 Å². The van der Waals surface area contributed by atoms with Crippen molar-refractivity contribution in [1.82, 2.24) is 4.57 Å². The molecule has 0 spiro atoms. The van der Waals surface area contributed by atoms with Crippen LogP contribution >= 0.6 is 0 Å². The van der Waals surface area contributed by atoms with Crippen LogP contribution in [0.3, 0.4) is 0 Å². The largest absolute Gasteiger partial charge is 0.289 e. The third-order valence-corrected chi connectivity index (χ3v) is 3.58. The maximum Gasteiger partial charge on any atom is 0.227 e. The molecule has 0 aliphatic heterocycles. The molecule has 1 aromatic heterocycles. The number of aromatic nitrogens is 1. The van der Waals surface area contributed by atoms with Crippen molar-refractivity contribution in [1.29, 1.82) is 0 Å². The van der Waals surface area contributed by atoms with Crippen LogP contribution < -0.4 is 0 Å². The number of fused-ring (bicyclic) bond motifs is 1. The molecule has 0 amide bonds. The maximum atomic E-state index is 12.7. The minimum Gasteiger partial charge on any atom is -0.289 e. The number of nitrogens with zero attached hydrogens (tertiary/aromatic N) is 1. The molecule has 104 valence electrons. The van der Waals surface area contributed by atoms with Crippen molar-refractivity contribution in [2.24, 2.45) is 0 Å². The number of hydrogen-bond donors (Lipinski definition) is 0. The predicted molar refractivity (Wildman–Crippen MR) is 82.9 cm³/mol. The van der Waals surface area contributed by atoms with Gasteiger partial charge in [0.05, 0.1) is 5.52 Å². The molecule has 0 saturated heterocycles. The Morgan fingerprint density at radius 1 is 1.00 bits per heavy atom. The zero-order valence-corrected chi connectivity index (χ0v) is 12.0. The van der Waals surface area contributed by atoms with Gasteiger partial charge in [-0.1, -0.05) is 42.0 Å². The van der Waals surface area contributed by atoms with E-state index in [0.717, 1.165) is 16.5 Å². The Morgan fingerprint density at radius 3 is 2.38 bits per heavy atom. The monoisotopic (exact) mass is 277 g/mol. The molecular formula is C18H15NO2. The molecule has 0 fully saturated rings. The highest BCUT2D eigenvalue weighted by Gasteiger charge is 2.18. The van der Waals surface area contributed by atoms with Crippen molar-refractivity contribution in [2.45, 2.75) is 13.8 Å². The van der Waals surface area contributed by atoms with E-state index in [4.69, 9.17) is 0 Å². The normalized spacial score (nSPS) is 10.8. The maximum absolute atomic E-state index is 12.7. The van der Waals surface area contributed by atoms with Crippen LogP contribution in [-0.2, 0) is 0 Å². The highest BCUT2D eigenvalue weighted by molar-refractivity contribution is 6.17. The standard InChI is InChI=1S/C18H15NO2/c1-12-8-9-17-15(10-12)16(11-19(17)13(2)20)18(21)14-6-4-3-5-7-14/h3-11H,1-2H3. The van der Waals surface area contributed by atoms with E-state index in [1.54, 1.807) is 18.3 Å². The van der Waals surface area contributed by atoms with Crippen molar-refractivity contribution in [3.63, 3.8) is 0 Å². The first-order chi connectivity index (χ1) is 10.1. The first-order valence-corrected chi connectivity index (χ1v) is 6.80. The Hall–Kier alpha value is -2.68. The minimum absolute atomic E-state index is 0.0637. The van der Waals surface area contributed by atoms with E-state index in [2.05, 4.69) is 0 Å². The lowest BCUT2D eigenvalue weighted by atomic mass is 10.0. The van der Waals surface area contributed by atoms with Gasteiger partial charge in [0.15, 0.2) is 5.78 Å². The zero-order chi connectivity index (χ0) is 15.0. The second kappa shape index (κ2) is 5.02. The van der Waals surface area contributed by atoms with Gasteiger partial charge in [-0.2, -0.15) is 0 Å².